The van der Waals surface area contributed by atoms with Crippen molar-refractivity contribution in [2.24, 2.45) is 5.73 Å². The first kappa shape index (κ1) is 17.9. The van der Waals surface area contributed by atoms with Gasteiger partial charge in [-0.1, -0.05) is 56.2 Å². The average molecular weight is 340 g/mol. The van der Waals surface area contributed by atoms with Crippen LogP contribution in [-0.4, -0.2) is 24.7 Å². The van der Waals surface area contributed by atoms with Crippen LogP contribution < -0.4 is 11.1 Å². The van der Waals surface area contributed by atoms with Crippen molar-refractivity contribution in [1.82, 2.24) is 5.32 Å². The molecule has 0 spiro atoms. The summed E-state index contributed by atoms with van der Waals surface area (Å²) in [5, 5.41) is 5.42. The van der Waals surface area contributed by atoms with Crippen molar-refractivity contribution in [3.05, 3.63) is 48.0 Å². The molecule has 0 heterocycles. The van der Waals surface area contributed by atoms with Crippen molar-refractivity contribution in [2.75, 3.05) is 6.54 Å². The topological polar surface area (TPSA) is 64.3 Å². The van der Waals surface area contributed by atoms with Gasteiger partial charge in [0, 0.05) is 6.54 Å². The lowest BCUT2D eigenvalue weighted by atomic mass is 10.0. The summed E-state index contributed by atoms with van der Waals surface area (Å²) >= 11 is 0. The molecule has 2 unspecified atom stereocenters. The van der Waals surface area contributed by atoms with Crippen LogP contribution in [0.4, 0.5) is 0 Å². The summed E-state index contributed by atoms with van der Waals surface area (Å²) in [7, 11) is 0. The van der Waals surface area contributed by atoms with Gasteiger partial charge in [0.2, 0.25) is 5.91 Å². The van der Waals surface area contributed by atoms with Gasteiger partial charge in [-0.05, 0) is 41.7 Å². The van der Waals surface area contributed by atoms with E-state index in [2.05, 4.69) is 29.6 Å². The summed E-state index contributed by atoms with van der Waals surface area (Å²) in [5.41, 5.74) is 6.98. The molecule has 0 aliphatic heterocycles. The number of benzene rings is 2. The van der Waals surface area contributed by atoms with Crippen molar-refractivity contribution >= 4 is 16.7 Å². The van der Waals surface area contributed by atoms with Crippen molar-refractivity contribution in [3.8, 4) is 0 Å². The number of nitrogens with one attached hydrogen (secondary N) is 1. The van der Waals surface area contributed by atoms with Crippen LogP contribution in [-0.2, 0) is 9.53 Å². The molecule has 3 rings (SSSR count). The van der Waals surface area contributed by atoms with Crippen molar-refractivity contribution in [1.29, 1.82) is 0 Å². The van der Waals surface area contributed by atoms with E-state index < -0.39 is 6.10 Å². The van der Waals surface area contributed by atoms with Gasteiger partial charge < -0.3 is 15.8 Å². The van der Waals surface area contributed by atoms with Gasteiger partial charge in [0.1, 0.15) is 6.10 Å². The lowest BCUT2D eigenvalue weighted by Gasteiger charge is -2.24. The Morgan fingerprint density at radius 2 is 1.92 bits per heavy atom. The second-order valence-electron chi connectivity index (χ2n) is 6.84. The number of rotatable bonds is 7. The maximum atomic E-state index is 12.7. The minimum Gasteiger partial charge on any atom is -0.365 e. The zero-order valence-electron chi connectivity index (χ0n) is 14.9. The fourth-order valence-electron chi connectivity index (χ4n) is 3.57. The SMILES string of the molecule is CCC(OC1CCCC1)C(=O)NC(CN)c1ccc2ccccc2c1. The molecule has 1 aliphatic rings. The van der Waals surface area contributed by atoms with Crippen molar-refractivity contribution in [3.63, 3.8) is 0 Å². The number of amides is 1. The molecule has 4 heteroatoms. The molecule has 2 atom stereocenters. The third kappa shape index (κ3) is 4.39. The summed E-state index contributed by atoms with van der Waals surface area (Å²) in [6.45, 7) is 2.36. The molecule has 0 saturated heterocycles. The highest BCUT2D eigenvalue weighted by Crippen LogP contribution is 2.24. The lowest BCUT2D eigenvalue weighted by molar-refractivity contribution is -0.137. The van der Waals surface area contributed by atoms with Crippen LogP contribution in [0.1, 0.15) is 50.6 Å². The minimum atomic E-state index is -0.391. The minimum absolute atomic E-state index is 0.0574. The Labute approximate surface area is 149 Å². The van der Waals surface area contributed by atoms with Crippen LogP contribution in [0.3, 0.4) is 0 Å². The standard InChI is InChI=1S/C21H28N2O2/c1-2-20(25-18-9-5-6-10-18)21(24)23-19(14-22)17-12-11-15-7-3-4-8-16(15)13-17/h3-4,7-8,11-13,18-20H,2,5-6,9-10,14,22H2,1H3,(H,23,24). The smallest absolute Gasteiger partial charge is 0.249 e. The molecule has 1 aliphatic carbocycles. The molecule has 0 radical (unpaired) electrons. The van der Waals surface area contributed by atoms with E-state index in [1.54, 1.807) is 0 Å². The molecule has 0 aromatic heterocycles. The molecule has 4 nitrogen and oxygen atoms in total. The zero-order chi connectivity index (χ0) is 17.6. The normalized spacial score (nSPS) is 17.5. The Morgan fingerprint density at radius 1 is 1.20 bits per heavy atom. The number of hydrogen-bond acceptors (Lipinski definition) is 3. The van der Waals surface area contributed by atoms with Crippen LogP contribution in [0.2, 0.25) is 0 Å². The maximum Gasteiger partial charge on any atom is 0.249 e. The average Bonchev–Trinajstić information content (AvgIpc) is 3.16. The van der Waals surface area contributed by atoms with Crippen LogP contribution >= 0.6 is 0 Å². The molecule has 1 amide bonds. The predicted molar refractivity (Wildman–Crippen MR) is 101 cm³/mol. The number of hydrogen-bond donors (Lipinski definition) is 2. The Bertz CT molecular complexity index is 710. The van der Waals surface area contributed by atoms with E-state index in [1.165, 1.54) is 18.2 Å². The summed E-state index contributed by atoms with van der Waals surface area (Å²) < 4.78 is 6.02. The molecular weight excluding hydrogens is 312 g/mol. The Hall–Kier alpha value is -1.91. The van der Waals surface area contributed by atoms with Gasteiger partial charge in [-0.15, -0.1) is 0 Å². The first-order valence-electron chi connectivity index (χ1n) is 9.36. The van der Waals surface area contributed by atoms with E-state index in [9.17, 15) is 4.79 Å². The first-order chi connectivity index (χ1) is 12.2. The molecule has 2 aromatic rings. The molecule has 2 aromatic carbocycles. The van der Waals surface area contributed by atoms with Crippen LogP contribution in [0, 0.1) is 0 Å². The molecule has 0 bridgehead atoms. The van der Waals surface area contributed by atoms with Crippen molar-refractivity contribution in [2.45, 2.75) is 57.3 Å². The fourth-order valence-corrected chi connectivity index (χ4v) is 3.57. The maximum absolute atomic E-state index is 12.7. The zero-order valence-corrected chi connectivity index (χ0v) is 14.9. The molecule has 1 fully saturated rings. The predicted octanol–water partition coefficient (Wildman–Crippen LogP) is 3.69. The fraction of sp³-hybridized carbons (Fsp3) is 0.476. The van der Waals surface area contributed by atoms with Gasteiger partial charge in [-0.2, -0.15) is 0 Å². The van der Waals surface area contributed by atoms with E-state index in [1.807, 2.05) is 25.1 Å². The van der Waals surface area contributed by atoms with Gasteiger partial charge >= 0.3 is 0 Å². The molecule has 3 N–H and O–H groups in total. The first-order valence-corrected chi connectivity index (χ1v) is 9.36. The third-order valence-electron chi connectivity index (χ3n) is 5.05. The van der Waals surface area contributed by atoms with Gasteiger partial charge in [-0.25, -0.2) is 0 Å². The van der Waals surface area contributed by atoms with Crippen LogP contribution in [0.15, 0.2) is 42.5 Å². The highest BCUT2D eigenvalue weighted by atomic mass is 16.5. The highest BCUT2D eigenvalue weighted by molar-refractivity contribution is 5.84. The van der Waals surface area contributed by atoms with Gasteiger partial charge in [0.05, 0.1) is 12.1 Å². The van der Waals surface area contributed by atoms with Crippen molar-refractivity contribution < 1.29 is 9.53 Å². The quantitative estimate of drug-likeness (QED) is 0.808. The highest BCUT2D eigenvalue weighted by Gasteiger charge is 2.26. The Kier molecular flexibility index (Phi) is 6.05. The number of carbonyl (C=O) groups is 1. The second-order valence-corrected chi connectivity index (χ2v) is 6.84. The van der Waals surface area contributed by atoms with E-state index in [0.717, 1.165) is 23.8 Å². The molecular formula is C21H28N2O2. The number of carbonyl (C=O) groups excluding carboxylic acids is 1. The number of nitrogens with two attached hydrogens (primary N) is 1. The van der Waals surface area contributed by atoms with E-state index in [4.69, 9.17) is 10.5 Å². The van der Waals surface area contributed by atoms with Gasteiger partial charge in [-0.3, -0.25) is 4.79 Å². The Balaban J connectivity index is 1.69. The van der Waals surface area contributed by atoms with E-state index in [0.29, 0.717) is 13.0 Å². The number of ether oxygens (including phenoxy) is 1. The molecule has 25 heavy (non-hydrogen) atoms. The Morgan fingerprint density at radius 3 is 2.60 bits per heavy atom. The summed E-state index contributed by atoms with van der Waals surface area (Å²) in [4.78, 5) is 12.7. The van der Waals surface area contributed by atoms with Crippen LogP contribution in [0.5, 0.6) is 0 Å². The summed E-state index contributed by atoms with van der Waals surface area (Å²) in [6.07, 6.45) is 5.04. The number of fused-ring (bicyclic) bond motifs is 1. The monoisotopic (exact) mass is 340 g/mol. The summed E-state index contributed by atoms with van der Waals surface area (Å²) in [6, 6.07) is 14.2. The third-order valence-corrected chi connectivity index (χ3v) is 5.05. The van der Waals surface area contributed by atoms with Gasteiger partial charge in [0.15, 0.2) is 0 Å². The molecule has 1 saturated carbocycles. The molecule has 134 valence electrons. The van der Waals surface area contributed by atoms with E-state index in [-0.39, 0.29) is 18.1 Å². The summed E-state index contributed by atoms with van der Waals surface area (Å²) in [5.74, 6) is -0.0574. The van der Waals surface area contributed by atoms with Gasteiger partial charge in [0.25, 0.3) is 0 Å². The van der Waals surface area contributed by atoms with Crippen LogP contribution in [0.25, 0.3) is 10.8 Å². The second kappa shape index (κ2) is 8.45. The largest absolute Gasteiger partial charge is 0.365 e. The van der Waals surface area contributed by atoms with E-state index >= 15 is 0 Å². The lowest BCUT2D eigenvalue weighted by Crippen LogP contribution is -2.42.